The largest absolute Gasteiger partial charge is 0.354 e. The number of hydrogen-bond donors (Lipinski definition) is 0. The first-order valence-electron chi connectivity index (χ1n) is 4.82. The van der Waals surface area contributed by atoms with Gasteiger partial charge in [0.05, 0.1) is 5.02 Å². The molecule has 0 N–H and O–H groups in total. The van der Waals surface area contributed by atoms with Crippen LogP contribution in [0.4, 0.5) is 4.39 Å². The zero-order chi connectivity index (χ0) is 10.8. The van der Waals surface area contributed by atoms with Crippen molar-refractivity contribution in [3.63, 3.8) is 0 Å². The SMILES string of the molecule is CCn1ccc(-c2cccc(F)c2Cl)c1. The lowest BCUT2D eigenvalue weighted by atomic mass is 10.1. The second kappa shape index (κ2) is 4.07. The highest BCUT2D eigenvalue weighted by Gasteiger charge is 2.08. The van der Waals surface area contributed by atoms with Gasteiger partial charge in [-0.15, -0.1) is 0 Å². The predicted molar refractivity (Wildman–Crippen MR) is 60.5 cm³/mol. The Bertz CT molecular complexity index is 476. The highest BCUT2D eigenvalue weighted by Crippen LogP contribution is 2.29. The van der Waals surface area contributed by atoms with E-state index in [0.717, 1.165) is 17.7 Å². The number of aryl methyl sites for hydroxylation is 1. The summed E-state index contributed by atoms with van der Waals surface area (Å²) in [5, 5.41) is 0.186. The summed E-state index contributed by atoms with van der Waals surface area (Å²) in [4.78, 5) is 0. The zero-order valence-electron chi connectivity index (χ0n) is 8.37. The van der Waals surface area contributed by atoms with E-state index in [4.69, 9.17) is 11.6 Å². The Morgan fingerprint density at radius 1 is 1.33 bits per heavy atom. The molecule has 0 amide bonds. The van der Waals surface area contributed by atoms with E-state index in [-0.39, 0.29) is 10.8 Å². The van der Waals surface area contributed by atoms with Gasteiger partial charge in [-0.25, -0.2) is 4.39 Å². The number of hydrogen-bond acceptors (Lipinski definition) is 0. The number of aromatic nitrogens is 1. The standard InChI is InChI=1S/C12H11ClFN/c1-2-15-7-6-9(8-15)10-4-3-5-11(14)12(10)13/h3-8H,2H2,1H3. The number of rotatable bonds is 2. The van der Waals surface area contributed by atoms with Gasteiger partial charge < -0.3 is 4.57 Å². The van der Waals surface area contributed by atoms with Gasteiger partial charge in [0, 0.05) is 30.1 Å². The van der Waals surface area contributed by atoms with E-state index in [1.165, 1.54) is 6.07 Å². The molecule has 3 heteroatoms. The minimum absolute atomic E-state index is 0.186. The van der Waals surface area contributed by atoms with Crippen LogP contribution in [0.3, 0.4) is 0 Å². The van der Waals surface area contributed by atoms with Crippen molar-refractivity contribution in [3.05, 3.63) is 47.5 Å². The molecule has 0 spiro atoms. The fraction of sp³-hybridized carbons (Fsp3) is 0.167. The average Bonchev–Trinajstić information content (AvgIpc) is 2.70. The summed E-state index contributed by atoms with van der Waals surface area (Å²) in [7, 11) is 0. The van der Waals surface area contributed by atoms with Crippen molar-refractivity contribution in [2.24, 2.45) is 0 Å². The van der Waals surface area contributed by atoms with E-state index in [9.17, 15) is 4.39 Å². The van der Waals surface area contributed by atoms with Crippen LogP contribution in [0, 0.1) is 5.82 Å². The minimum atomic E-state index is -0.376. The first-order valence-corrected chi connectivity index (χ1v) is 5.20. The van der Waals surface area contributed by atoms with Crippen LogP contribution in [0.2, 0.25) is 5.02 Å². The Balaban J connectivity index is 2.49. The van der Waals surface area contributed by atoms with Gasteiger partial charge in [-0.3, -0.25) is 0 Å². The van der Waals surface area contributed by atoms with Crippen LogP contribution in [0.25, 0.3) is 11.1 Å². The Labute approximate surface area is 93.1 Å². The van der Waals surface area contributed by atoms with E-state index < -0.39 is 0 Å². The van der Waals surface area contributed by atoms with Crippen LogP contribution in [0.1, 0.15) is 6.92 Å². The Kier molecular flexibility index (Phi) is 2.78. The normalized spacial score (nSPS) is 10.6. The van der Waals surface area contributed by atoms with Gasteiger partial charge in [0.25, 0.3) is 0 Å². The molecule has 78 valence electrons. The third-order valence-electron chi connectivity index (χ3n) is 2.38. The van der Waals surface area contributed by atoms with Gasteiger partial charge in [-0.05, 0) is 19.1 Å². The highest BCUT2D eigenvalue weighted by molar-refractivity contribution is 6.33. The molecule has 1 nitrogen and oxygen atoms in total. The molecular formula is C12H11ClFN. The molecule has 0 aliphatic carbocycles. The van der Waals surface area contributed by atoms with Crippen LogP contribution in [0.5, 0.6) is 0 Å². The van der Waals surface area contributed by atoms with Gasteiger partial charge in [-0.1, -0.05) is 23.7 Å². The molecule has 0 aliphatic rings. The van der Waals surface area contributed by atoms with Gasteiger partial charge in [-0.2, -0.15) is 0 Å². The maximum Gasteiger partial charge on any atom is 0.142 e. The predicted octanol–water partition coefficient (Wildman–Crippen LogP) is 3.97. The lowest BCUT2D eigenvalue weighted by molar-refractivity contribution is 0.629. The molecule has 0 fully saturated rings. The van der Waals surface area contributed by atoms with E-state index in [2.05, 4.69) is 6.92 Å². The minimum Gasteiger partial charge on any atom is -0.354 e. The molecule has 1 aromatic carbocycles. The van der Waals surface area contributed by atoms with Crippen molar-refractivity contribution >= 4 is 11.6 Å². The molecule has 2 aromatic rings. The molecular weight excluding hydrogens is 213 g/mol. The molecule has 0 unspecified atom stereocenters. The van der Waals surface area contributed by atoms with Crippen LogP contribution in [-0.4, -0.2) is 4.57 Å². The summed E-state index contributed by atoms with van der Waals surface area (Å²) >= 11 is 5.90. The molecule has 2 rings (SSSR count). The van der Waals surface area contributed by atoms with Crippen LogP contribution < -0.4 is 0 Å². The number of halogens is 2. The smallest absolute Gasteiger partial charge is 0.142 e. The molecule has 0 saturated heterocycles. The lowest BCUT2D eigenvalue weighted by Crippen LogP contribution is -1.87. The first-order chi connectivity index (χ1) is 7.22. The summed E-state index contributed by atoms with van der Waals surface area (Å²) < 4.78 is 15.2. The fourth-order valence-electron chi connectivity index (χ4n) is 1.52. The van der Waals surface area contributed by atoms with E-state index >= 15 is 0 Å². The summed E-state index contributed by atoms with van der Waals surface area (Å²) in [6.07, 6.45) is 3.91. The third kappa shape index (κ3) is 1.90. The van der Waals surface area contributed by atoms with Gasteiger partial charge >= 0.3 is 0 Å². The summed E-state index contributed by atoms with van der Waals surface area (Å²) in [6, 6.07) is 6.79. The molecule has 1 aromatic heterocycles. The lowest BCUT2D eigenvalue weighted by Gasteiger charge is -2.02. The summed E-state index contributed by atoms with van der Waals surface area (Å²) in [6.45, 7) is 2.95. The second-order valence-corrected chi connectivity index (χ2v) is 3.71. The molecule has 1 heterocycles. The second-order valence-electron chi connectivity index (χ2n) is 3.33. The van der Waals surface area contributed by atoms with E-state index in [1.54, 1.807) is 6.07 Å². The van der Waals surface area contributed by atoms with Crippen molar-refractivity contribution in [1.29, 1.82) is 0 Å². The number of nitrogens with zero attached hydrogens (tertiary/aromatic N) is 1. The van der Waals surface area contributed by atoms with Gasteiger partial charge in [0.1, 0.15) is 5.82 Å². The average molecular weight is 224 g/mol. The summed E-state index contributed by atoms with van der Waals surface area (Å²) in [5.74, 6) is -0.376. The maximum atomic E-state index is 13.2. The molecule has 15 heavy (non-hydrogen) atoms. The third-order valence-corrected chi connectivity index (χ3v) is 2.76. The van der Waals surface area contributed by atoms with E-state index in [0.29, 0.717) is 0 Å². The van der Waals surface area contributed by atoms with Crippen LogP contribution in [0.15, 0.2) is 36.7 Å². The van der Waals surface area contributed by atoms with Gasteiger partial charge in [0.2, 0.25) is 0 Å². The van der Waals surface area contributed by atoms with Crippen LogP contribution in [-0.2, 0) is 6.54 Å². The molecule has 0 atom stereocenters. The molecule has 0 radical (unpaired) electrons. The van der Waals surface area contributed by atoms with E-state index in [1.807, 2.05) is 29.1 Å². The monoisotopic (exact) mass is 223 g/mol. The van der Waals surface area contributed by atoms with Crippen LogP contribution >= 0.6 is 11.6 Å². The fourth-order valence-corrected chi connectivity index (χ4v) is 1.76. The molecule has 0 saturated carbocycles. The van der Waals surface area contributed by atoms with Crippen molar-refractivity contribution in [2.75, 3.05) is 0 Å². The first kappa shape index (κ1) is 10.2. The Morgan fingerprint density at radius 2 is 2.13 bits per heavy atom. The topological polar surface area (TPSA) is 4.93 Å². The van der Waals surface area contributed by atoms with Crippen molar-refractivity contribution < 1.29 is 4.39 Å². The quantitative estimate of drug-likeness (QED) is 0.726. The van der Waals surface area contributed by atoms with Crippen molar-refractivity contribution in [1.82, 2.24) is 4.57 Å². The van der Waals surface area contributed by atoms with Crippen molar-refractivity contribution in [3.8, 4) is 11.1 Å². The Hall–Kier alpha value is -1.28. The maximum absolute atomic E-state index is 13.2. The molecule has 0 bridgehead atoms. The van der Waals surface area contributed by atoms with Gasteiger partial charge in [0.15, 0.2) is 0 Å². The summed E-state index contributed by atoms with van der Waals surface area (Å²) in [5.41, 5.74) is 1.69. The van der Waals surface area contributed by atoms with Crippen molar-refractivity contribution in [2.45, 2.75) is 13.5 Å². The molecule has 0 aliphatic heterocycles. The zero-order valence-corrected chi connectivity index (χ0v) is 9.13. The number of benzene rings is 1. The Morgan fingerprint density at radius 3 is 2.80 bits per heavy atom. The highest BCUT2D eigenvalue weighted by atomic mass is 35.5.